The lowest BCUT2D eigenvalue weighted by Gasteiger charge is -2.34. The van der Waals surface area contributed by atoms with Gasteiger partial charge in [-0.05, 0) is 57.3 Å². The highest BCUT2D eigenvalue weighted by molar-refractivity contribution is 5.86. The van der Waals surface area contributed by atoms with E-state index in [1.165, 1.54) is 33.4 Å². The third-order valence-electron chi connectivity index (χ3n) is 6.53. The number of benzene rings is 4. The summed E-state index contributed by atoms with van der Waals surface area (Å²) < 4.78 is 0. The predicted octanol–water partition coefficient (Wildman–Crippen LogP) is 5.12. The molecule has 2 nitrogen and oxygen atoms in total. The fourth-order valence-corrected chi connectivity index (χ4v) is 5.12. The van der Waals surface area contributed by atoms with Crippen molar-refractivity contribution < 1.29 is 10.2 Å². The topological polar surface area (TPSA) is 40.5 Å². The molecule has 0 radical (unpaired) electrons. The van der Waals surface area contributed by atoms with Gasteiger partial charge >= 0.3 is 0 Å². The molecule has 154 valence electrons. The zero-order valence-corrected chi connectivity index (χ0v) is 17.5. The van der Waals surface area contributed by atoms with Crippen molar-refractivity contribution in [2.24, 2.45) is 0 Å². The summed E-state index contributed by atoms with van der Waals surface area (Å²) in [6.07, 6.45) is 1.33. The summed E-state index contributed by atoms with van der Waals surface area (Å²) in [5.41, 5.74) is 9.46. The van der Waals surface area contributed by atoms with Crippen LogP contribution in [0.5, 0.6) is 0 Å². The summed E-state index contributed by atoms with van der Waals surface area (Å²) in [7, 11) is 0. The standard InChI is InChI=1S/C29H26O2/c30-19-17-21-9-13-23(14-10-21)29(24-15-11-22(12-16-24)18-20-31)27-7-3-1-5-25(27)26-6-2-4-8-28(26)29/h1-16,30-31H,17-20H2. The Hall–Kier alpha value is -3.20. The van der Waals surface area contributed by atoms with Crippen LogP contribution in [0.15, 0.2) is 97.1 Å². The van der Waals surface area contributed by atoms with Crippen LogP contribution in [0.1, 0.15) is 33.4 Å². The molecule has 0 fully saturated rings. The monoisotopic (exact) mass is 406 g/mol. The van der Waals surface area contributed by atoms with E-state index in [0.717, 1.165) is 11.1 Å². The highest BCUT2D eigenvalue weighted by Crippen LogP contribution is 2.55. The van der Waals surface area contributed by atoms with E-state index in [1.807, 2.05) is 0 Å². The molecule has 0 aliphatic heterocycles. The Kier molecular flexibility index (Phi) is 5.19. The first-order chi connectivity index (χ1) is 15.3. The molecule has 2 heteroatoms. The van der Waals surface area contributed by atoms with Gasteiger partial charge in [-0.2, -0.15) is 0 Å². The van der Waals surface area contributed by atoms with Gasteiger partial charge < -0.3 is 10.2 Å². The molecule has 0 saturated carbocycles. The average molecular weight is 407 g/mol. The van der Waals surface area contributed by atoms with E-state index in [9.17, 15) is 10.2 Å². The minimum Gasteiger partial charge on any atom is -0.396 e. The van der Waals surface area contributed by atoms with Gasteiger partial charge in [0, 0.05) is 13.2 Å². The van der Waals surface area contributed by atoms with Gasteiger partial charge in [0.2, 0.25) is 0 Å². The molecule has 4 aromatic carbocycles. The van der Waals surface area contributed by atoms with E-state index >= 15 is 0 Å². The van der Waals surface area contributed by atoms with Crippen LogP contribution >= 0.6 is 0 Å². The van der Waals surface area contributed by atoms with Gasteiger partial charge in [-0.3, -0.25) is 0 Å². The Morgan fingerprint density at radius 2 is 0.871 bits per heavy atom. The molecule has 31 heavy (non-hydrogen) atoms. The first kappa shape index (κ1) is 19.7. The van der Waals surface area contributed by atoms with Crippen LogP contribution in [-0.4, -0.2) is 23.4 Å². The Balaban J connectivity index is 1.80. The lowest BCUT2D eigenvalue weighted by molar-refractivity contribution is 0.299. The summed E-state index contributed by atoms with van der Waals surface area (Å²) in [5.74, 6) is 0. The second-order valence-corrected chi connectivity index (χ2v) is 8.18. The molecule has 0 bridgehead atoms. The quantitative estimate of drug-likeness (QED) is 0.411. The van der Waals surface area contributed by atoms with Gasteiger partial charge in [-0.1, -0.05) is 97.1 Å². The number of rotatable bonds is 6. The molecular formula is C29H26O2. The normalized spacial score (nSPS) is 13.6. The number of fused-ring (bicyclic) bond motifs is 3. The van der Waals surface area contributed by atoms with Gasteiger partial charge in [-0.25, -0.2) is 0 Å². The maximum absolute atomic E-state index is 9.34. The van der Waals surface area contributed by atoms with Crippen LogP contribution < -0.4 is 0 Å². The first-order valence-corrected chi connectivity index (χ1v) is 10.9. The second kappa shape index (κ2) is 8.14. The molecule has 1 aliphatic rings. The van der Waals surface area contributed by atoms with Crippen LogP contribution in [0.3, 0.4) is 0 Å². The zero-order valence-electron chi connectivity index (χ0n) is 17.5. The smallest absolute Gasteiger partial charge is 0.0713 e. The van der Waals surface area contributed by atoms with Crippen molar-refractivity contribution in [3.63, 3.8) is 0 Å². The number of aliphatic hydroxyl groups is 2. The van der Waals surface area contributed by atoms with Crippen LogP contribution in [0.4, 0.5) is 0 Å². The predicted molar refractivity (Wildman–Crippen MR) is 125 cm³/mol. The molecule has 0 aromatic heterocycles. The maximum Gasteiger partial charge on any atom is 0.0713 e. The molecule has 0 amide bonds. The van der Waals surface area contributed by atoms with Crippen molar-refractivity contribution in [2.75, 3.05) is 13.2 Å². The van der Waals surface area contributed by atoms with Gasteiger partial charge in [0.05, 0.1) is 5.41 Å². The van der Waals surface area contributed by atoms with Crippen LogP contribution in [0.2, 0.25) is 0 Å². The largest absolute Gasteiger partial charge is 0.396 e. The van der Waals surface area contributed by atoms with Crippen LogP contribution in [0.25, 0.3) is 11.1 Å². The average Bonchev–Trinajstić information content (AvgIpc) is 3.12. The van der Waals surface area contributed by atoms with E-state index < -0.39 is 5.41 Å². The van der Waals surface area contributed by atoms with E-state index in [-0.39, 0.29) is 13.2 Å². The van der Waals surface area contributed by atoms with Crippen molar-refractivity contribution in [1.82, 2.24) is 0 Å². The van der Waals surface area contributed by atoms with Crippen molar-refractivity contribution in [1.29, 1.82) is 0 Å². The Morgan fingerprint density at radius 1 is 0.484 bits per heavy atom. The van der Waals surface area contributed by atoms with Crippen LogP contribution in [-0.2, 0) is 18.3 Å². The zero-order chi connectivity index (χ0) is 21.3. The molecular weight excluding hydrogens is 380 g/mol. The summed E-state index contributed by atoms with van der Waals surface area (Å²) in [5, 5.41) is 18.7. The maximum atomic E-state index is 9.34. The molecule has 5 rings (SSSR count). The fourth-order valence-electron chi connectivity index (χ4n) is 5.12. The van der Waals surface area contributed by atoms with Crippen molar-refractivity contribution in [2.45, 2.75) is 18.3 Å². The van der Waals surface area contributed by atoms with Crippen molar-refractivity contribution in [3.8, 4) is 11.1 Å². The minimum absolute atomic E-state index is 0.155. The van der Waals surface area contributed by atoms with E-state index in [0.29, 0.717) is 12.8 Å². The second-order valence-electron chi connectivity index (χ2n) is 8.18. The molecule has 0 saturated heterocycles. The SMILES string of the molecule is OCCc1ccc(C2(c3ccc(CCO)cc3)c3ccccc3-c3ccccc32)cc1. The Labute approximate surface area is 183 Å². The van der Waals surface area contributed by atoms with Gasteiger partial charge in [-0.15, -0.1) is 0 Å². The molecule has 4 aromatic rings. The molecule has 1 aliphatic carbocycles. The molecule has 0 heterocycles. The van der Waals surface area contributed by atoms with Gasteiger partial charge in [0.15, 0.2) is 0 Å². The summed E-state index contributed by atoms with van der Waals surface area (Å²) in [4.78, 5) is 0. The molecule has 0 atom stereocenters. The first-order valence-electron chi connectivity index (χ1n) is 10.9. The van der Waals surface area contributed by atoms with E-state index in [1.54, 1.807) is 0 Å². The molecule has 0 unspecified atom stereocenters. The summed E-state index contributed by atoms with van der Waals surface area (Å²) in [6.45, 7) is 0.310. The number of aliphatic hydroxyl groups excluding tert-OH is 2. The van der Waals surface area contributed by atoms with E-state index in [2.05, 4.69) is 97.1 Å². The van der Waals surface area contributed by atoms with Crippen molar-refractivity contribution >= 4 is 0 Å². The summed E-state index contributed by atoms with van der Waals surface area (Å²) in [6, 6.07) is 34.8. The lowest BCUT2D eigenvalue weighted by Crippen LogP contribution is -2.28. The lowest BCUT2D eigenvalue weighted by atomic mass is 9.67. The highest BCUT2D eigenvalue weighted by Gasteiger charge is 2.45. The number of hydrogen-bond acceptors (Lipinski definition) is 2. The highest BCUT2D eigenvalue weighted by atomic mass is 16.3. The summed E-state index contributed by atoms with van der Waals surface area (Å²) >= 11 is 0. The third kappa shape index (κ3) is 3.11. The fraction of sp³-hybridized carbons (Fsp3) is 0.172. The van der Waals surface area contributed by atoms with E-state index in [4.69, 9.17) is 0 Å². The van der Waals surface area contributed by atoms with Gasteiger partial charge in [0.1, 0.15) is 0 Å². The third-order valence-corrected chi connectivity index (χ3v) is 6.53. The molecule has 0 spiro atoms. The van der Waals surface area contributed by atoms with Gasteiger partial charge in [0.25, 0.3) is 0 Å². The Morgan fingerprint density at radius 3 is 1.26 bits per heavy atom. The number of hydrogen-bond donors (Lipinski definition) is 2. The molecule has 2 N–H and O–H groups in total. The minimum atomic E-state index is -0.400. The van der Waals surface area contributed by atoms with Crippen molar-refractivity contribution in [3.05, 3.63) is 130 Å². The Bertz CT molecular complexity index is 1090. The van der Waals surface area contributed by atoms with Crippen LogP contribution in [0, 0.1) is 0 Å².